The Morgan fingerprint density at radius 2 is 2.33 bits per heavy atom. The number of amides is 1. The summed E-state index contributed by atoms with van der Waals surface area (Å²) in [7, 11) is 0. The van der Waals surface area contributed by atoms with E-state index in [0.717, 1.165) is 32.4 Å². The lowest BCUT2D eigenvalue weighted by atomic mass is 10.1. The van der Waals surface area contributed by atoms with Crippen LogP contribution >= 0.6 is 0 Å². The molecule has 1 aliphatic rings. The summed E-state index contributed by atoms with van der Waals surface area (Å²) in [4.78, 5) is 14.6. The highest BCUT2D eigenvalue weighted by atomic mass is 16.1. The molecule has 0 bridgehead atoms. The zero-order valence-electron chi connectivity index (χ0n) is 8.75. The monoisotopic (exact) mass is 207 g/mol. The van der Waals surface area contributed by atoms with Crippen LogP contribution in [0.15, 0.2) is 18.3 Å². The van der Waals surface area contributed by atoms with Gasteiger partial charge in [-0.3, -0.25) is 4.79 Å². The average Bonchev–Trinajstić information content (AvgIpc) is 2.65. The molecule has 1 aromatic rings. The van der Waals surface area contributed by atoms with Crippen molar-refractivity contribution in [2.24, 2.45) is 0 Å². The summed E-state index contributed by atoms with van der Waals surface area (Å²) in [5.74, 6) is 0.00639. The number of carbonyl (C=O) groups is 1. The number of rotatable bonds is 2. The minimum Gasteiger partial charge on any atom is -0.357 e. The van der Waals surface area contributed by atoms with Gasteiger partial charge in [-0.15, -0.1) is 0 Å². The predicted molar refractivity (Wildman–Crippen MR) is 58.8 cm³/mol. The van der Waals surface area contributed by atoms with Gasteiger partial charge < -0.3 is 15.6 Å². The summed E-state index contributed by atoms with van der Waals surface area (Å²) in [5, 5.41) is 6.38. The van der Waals surface area contributed by atoms with E-state index in [1.54, 1.807) is 12.3 Å². The summed E-state index contributed by atoms with van der Waals surface area (Å²) in [5.41, 5.74) is 0.646. The Balaban J connectivity index is 1.87. The number of hydrogen-bond acceptors (Lipinski definition) is 2. The van der Waals surface area contributed by atoms with Gasteiger partial charge in [0.1, 0.15) is 5.69 Å². The van der Waals surface area contributed by atoms with Gasteiger partial charge in [0.25, 0.3) is 5.91 Å². The molecule has 0 spiro atoms. The Morgan fingerprint density at radius 3 is 3.13 bits per heavy atom. The third-order valence-corrected chi connectivity index (χ3v) is 2.75. The lowest BCUT2D eigenvalue weighted by molar-refractivity contribution is 0.0929. The normalized spacial score (nSPS) is 22.0. The van der Waals surface area contributed by atoms with Gasteiger partial charge in [0.15, 0.2) is 0 Å². The first-order chi connectivity index (χ1) is 7.36. The smallest absolute Gasteiger partial charge is 0.267 e. The molecule has 1 atom stereocenters. The van der Waals surface area contributed by atoms with E-state index in [0.29, 0.717) is 11.7 Å². The number of H-pyrrole nitrogens is 1. The van der Waals surface area contributed by atoms with Crippen molar-refractivity contribution in [3.63, 3.8) is 0 Å². The SMILES string of the molecule is O=C(NC1CCCNCC1)c1ccc[nH]1. The van der Waals surface area contributed by atoms with Crippen LogP contribution in [0.3, 0.4) is 0 Å². The lowest BCUT2D eigenvalue weighted by Gasteiger charge is -2.15. The third-order valence-electron chi connectivity index (χ3n) is 2.75. The minimum absolute atomic E-state index is 0.00639. The van der Waals surface area contributed by atoms with Crippen molar-refractivity contribution < 1.29 is 4.79 Å². The highest BCUT2D eigenvalue weighted by molar-refractivity contribution is 5.92. The van der Waals surface area contributed by atoms with Crippen LogP contribution in [0.1, 0.15) is 29.8 Å². The molecule has 1 aliphatic heterocycles. The number of hydrogen-bond donors (Lipinski definition) is 3. The van der Waals surface area contributed by atoms with Gasteiger partial charge in [0.05, 0.1) is 0 Å². The summed E-state index contributed by atoms with van der Waals surface area (Å²) in [6, 6.07) is 3.95. The molecular weight excluding hydrogens is 190 g/mol. The fraction of sp³-hybridized carbons (Fsp3) is 0.545. The van der Waals surface area contributed by atoms with Gasteiger partial charge in [-0.2, -0.15) is 0 Å². The average molecular weight is 207 g/mol. The molecule has 0 radical (unpaired) electrons. The molecule has 1 aromatic heterocycles. The van der Waals surface area contributed by atoms with Gasteiger partial charge in [-0.25, -0.2) is 0 Å². The van der Waals surface area contributed by atoms with Crippen molar-refractivity contribution in [2.75, 3.05) is 13.1 Å². The van der Waals surface area contributed by atoms with E-state index in [2.05, 4.69) is 15.6 Å². The molecule has 1 fully saturated rings. The summed E-state index contributed by atoms with van der Waals surface area (Å²) < 4.78 is 0. The van der Waals surface area contributed by atoms with E-state index in [1.807, 2.05) is 6.07 Å². The molecule has 0 aliphatic carbocycles. The lowest BCUT2D eigenvalue weighted by Crippen LogP contribution is -2.35. The zero-order valence-corrected chi connectivity index (χ0v) is 8.75. The molecular formula is C11H17N3O. The molecule has 4 nitrogen and oxygen atoms in total. The van der Waals surface area contributed by atoms with E-state index >= 15 is 0 Å². The van der Waals surface area contributed by atoms with Crippen LogP contribution in [0.2, 0.25) is 0 Å². The fourth-order valence-electron chi connectivity index (χ4n) is 1.90. The fourth-order valence-corrected chi connectivity index (χ4v) is 1.90. The van der Waals surface area contributed by atoms with Crippen LogP contribution in [-0.2, 0) is 0 Å². The number of aromatic amines is 1. The first-order valence-electron chi connectivity index (χ1n) is 5.51. The van der Waals surface area contributed by atoms with Gasteiger partial charge in [-0.05, 0) is 44.5 Å². The standard InChI is InChI=1S/C11H17N3O/c15-11(10-4-2-7-13-10)14-9-3-1-6-12-8-5-9/h2,4,7,9,12-13H,1,3,5-6,8H2,(H,14,15). The molecule has 3 N–H and O–H groups in total. The quantitative estimate of drug-likeness (QED) is 0.674. The van der Waals surface area contributed by atoms with Crippen LogP contribution < -0.4 is 10.6 Å². The Hall–Kier alpha value is -1.29. The molecule has 2 heterocycles. The highest BCUT2D eigenvalue weighted by Crippen LogP contribution is 2.06. The van der Waals surface area contributed by atoms with Crippen molar-refractivity contribution in [2.45, 2.75) is 25.3 Å². The largest absolute Gasteiger partial charge is 0.357 e. The van der Waals surface area contributed by atoms with Gasteiger partial charge in [0, 0.05) is 12.2 Å². The molecule has 1 amide bonds. The number of carbonyl (C=O) groups excluding carboxylic acids is 1. The predicted octanol–water partition coefficient (Wildman–Crippen LogP) is 0.887. The van der Waals surface area contributed by atoms with E-state index in [9.17, 15) is 4.79 Å². The second-order valence-electron chi connectivity index (χ2n) is 3.94. The van der Waals surface area contributed by atoms with Crippen LogP contribution in [0, 0.1) is 0 Å². The minimum atomic E-state index is 0.00639. The molecule has 2 rings (SSSR count). The first kappa shape index (κ1) is 10.2. The van der Waals surface area contributed by atoms with Crippen LogP contribution in [0.4, 0.5) is 0 Å². The number of aromatic nitrogens is 1. The highest BCUT2D eigenvalue weighted by Gasteiger charge is 2.15. The van der Waals surface area contributed by atoms with E-state index in [-0.39, 0.29) is 5.91 Å². The molecule has 15 heavy (non-hydrogen) atoms. The summed E-state index contributed by atoms with van der Waals surface area (Å²) in [6.07, 6.45) is 4.99. The molecule has 4 heteroatoms. The van der Waals surface area contributed by atoms with Gasteiger partial charge in [-0.1, -0.05) is 0 Å². The van der Waals surface area contributed by atoms with Crippen molar-refractivity contribution in [3.8, 4) is 0 Å². The van der Waals surface area contributed by atoms with Gasteiger partial charge in [0.2, 0.25) is 0 Å². The van der Waals surface area contributed by atoms with Crippen molar-refractivity contribution in [1.29, 1.82) is 0 Å². The zero-order chi connectivity index (χ0) is 10.5. The third kappa shape index (κ3) is 2.83. The van der Waals surface area contributed by atoms with Crippen molar-refractivity contribution in [1.82, 2.24) is 15.6 Å². The maximum absolute atomic E-state index is 11.7. The number of nitrogens with one attached hydrogen (secondary N) is 3. The second kappa shape index (κ2) is 4.98. The van der Waals surface area contributed by atoms with Crippen LogP contribution in [-0.4, -0.2) is 30.0 Å². The van der Waals surface area contributed by atoms with E-state index in [4.69, 9.17) is 0 Å². The Kier molecular flexibility index (Phi) is 3.40. The topological polar surface area (TPSA) is 56.9 Å². The van der Waals surface area contributed by atoms with E-state index < -0.39 is 0 Å². The van der Waals surface area contributed by atoms with E-state index in [1.165, 1.54) is 0 Å². The molecule has 0 aromatic carbocycles. The van der Waals surface area contributed by atoms with Gasteiger partial charge >= 0.3 is 0 Å². The van der Waals surface area contributed by atoms with Crippen molar-refractivity contribution in [3.05, 3.63) is 24.0 Å². The first-order valence-corrected chi connectivity index (χ1v) is 5.51. The Bertz CT molecular complexity index is 300. The second-order valence-corrected chi connectivity index (χ2v) is 3.94. The molecule has 82 valence electrons. The maximum Gasteiger partial charge on any atom is 0.267 e. The molecule has 1 saturated heterocycles. The summed E-state index contributed by atoms with van der Waals surface area (Å²) >= 11 is 0. The van der Waals surface area contributed by atoms with Crippen molar-refractivity contribution >= 4 is 5.91 Å². The molecule has 0 saturated carbocycles. The molecule has 1 unspecified atom stereocenters. The maximum atomic E-state index is 11.7. The summed E-state index contributed by atoms with van der Waals surface area (Å²) in [6.45, 7) is 2.06. The Labute approximate surface area is 89.5 Å². The van der Waals surface area contributed by atoms with Crippen LogP contribution in [0.25, 0.3) is 0 Å². The van der Waals surface area contributed by atoms with Crippen LogP contribution in [0.5, 0.6) is 0 Å². The Morgan fingerprint density at radius 1 is 1.40 bits per heavy atom.